The fraction of sp³-hybridized carbons (Fsp3) is 0. The smallest absolute Gasteiger partial charge is 0.337 e. The second-order valence-electron chi connectivity index (χ2n) is 5.22. The summed E-state index contributed by atoms with van der Waals surface area (Å²) in [6.07, 6.45) is 3.34. The minimum atomic E-state index is -1.01. The number of hydrogen-bond acceptors (Lipinski definition) is 6. The van der Waals surface area contributed by atoms with Crippen molar-refractivity contribution in [1.82, 2.24) is 24.8 Å². The molecular formula is C17H12N6O2. The van der Waals surface area contributed by atoms with E-state index in [1.807, 2.05) is 12.1 Å². The van der Waals surface area contributed by atoms with Crippen molar-refractivity contribution < 1.29 is 9.90 Å². The topological polar surface area (TPSA) is 105 Å². The van der Waals surface area contributed by atoms with Crippen molar-refractivity contribution in [2.75, 3.05) is 5.32 Å². The largest absolute Gasteiger partial charge is 0.478 e. The van der Waals surface area contributed by atoms with Crippen LogP contribution < -0.4 is 5.32 Å². The van der Waals surface area contributed by atoms with E-state index in [2.05, 4.69) is 25.6 Å². The molecule has 0 atom stereocenters. The van der Waals surface area contributed by atoms with E-state index in [1.54, 1.807) is 47.2 Å². The van der Waals surface area contributed by atoms with E-state index >= 15 is 0 Å². The summed E-state index contributed by atoms with van der Waals surface area (Å²) in [5.41, 5.74) is 2.05. The summed E-state index contributed by atoms with van der Waals surface area (Å²) >= 11 is 0. The molecule has 0 amide bonds. The number of nitrogens with zero attached hydrogens (tertiary/aromatic N) is 5. The molecule has 0 saturated carbocycles. The molecule has 8 heteroatoms. The first-order valence-corrected chi connectivity index (χ1v) is 7.44. The number of carboxylic acid groups (broad SMARTS) is 1. The van der Waals surface area contributed by atoms with Crippen LogP contribution in [0.25, 0.3) is 17.0 Å². The Morgan fingerprint density at radius 3 is 2.60 bits per heavy atom. The molecule has 4 aromatic rings. The predicted octanol–water partition coefficient (Wildman–Crippen LogP) is 2.63. The highest BCUT2D eigenvalue weighted by molar-refractivity contribution is 5.94. The van der Waals surface area contributed by atoms with Gasteiger partial charge in [0.2, 0.25) is 0 Å². The van der Waals surface area contributed by atoms with Crippen LogP contribution in [0.1, 0.15) is 10.4 Å². The highest BCUT2D eigenvalue weighted by atomic mass is 16.4. The Morgan fingerprint density at radius 2 is 1.80 bits per heavy atom. The molecule has 0 fully saturated rings. The Kier molecular flexibility index (Phi) is 3.55. The number of fused-ring (bicyclic) bond motifs is 1. The van der Waals surface area contributed by atoms with Crippen molar-refractivity contribution in [3.8, 4) is 11.4 Å². The minimum absolute atomic E-state index is 0.169. The van der Waals surface area contributed by atoms with Gasteiger partial charge in [-0.15, -0.1) is 15.3 Å². The molecule has 0 aliphatic rings. The standard InChI is InChI=1S/C17H12N6O2/c24-17(25)12-3-1-2-4-13(12)19-14-5-6-15-20-21-16(23(15)22-14)11-7-9-18-10-8-11/h1-10H,(H,19,22)(H,24,25). The van der Waals surface area contributed by atoms with Crippen LogP contribution in [0.15, 0.2) is 60.9 Å². The van der Waals surface area contributed by atoms with Gasteiger partial charge in [-0.25, -0.2) is 4.79 Å². The maximum Gasteiger partial charge on any atom is 0.337 e. The average molecular weight is 332 g/mol. The number of benzene rings is 1. The summed E-state index contributed by atoms with van der Waals surface area (Å²) in [5, 5.41) is 25.0. The van der Waals surface area contributed by atoms with Gasteiger partial charge in [0, 0.05) is 18.0 Å². The van der Waals surface area contributed by atoms with E-state index in [0.717, 1.165) is 5.56 Å². The number of carboxylic acids is 1. The van der Waals surface area contributed by atoms with Crippen molar-refractivity contribution in [2.24, 2.45) is 0 Å². The molecule has 25 heavy (non-hydrogen) atoms. The van der Waals surface area contributed by atoms with Crippen molar-refractivity contribution in [2.45, 2.75) is 0 Å². The zero-order valence-electron chi connectivity index (χ0n) is 12.9. The van der Waals surface area contributed by atoms with Crippen molar-refractivity contribution >= 4 is 23.1 Å². The number of aromatic nitrogens is 5. The first-order valence-electron chi connectivity index (χ1n) is 7.44. The lowest BCUT2D eigenvalue weighted by atomic mass is 10.2. The van der Waals surface area contributed by atoms with E-state index in [4.69, 9.17) is 0 Å². The Balaban J connectivity index is 1.76. The maximum atomic E-state index is 11.3. The molecule has 0 bridgehead atoms. The lowest BCUT2D eigenvalue weighted by Crippen LogP contribution is -2.05. The number of hydrogen-bond donors (Lipinski definition) is 2. The van der Waals surface area contributed by atoms with Gasteiger partial charge in [-0.05, 0) is 36.4 Å². The molecule has 122 valence electrons. The molecule has 0 unspecified atom stereocenters. The van der Waals surface area contributed by atoms with Crippen LogP contribution in [0.5, 0.6) is 0 Å². The van der Waals surface area contributed by atoms with Gasteiger partial charge in [-0.1, -0.05) is 12.1 Å². The highest BCUT2D eigenvalue weighted by Gasteiger charge is 2.12. The summed E-state index contributed by atoms with van der Waals surface area (Å²) < 4.78 is 1.60. The van der Waals surface area contributed by atoms with Crippen molar-refractivity contribution in [1.29, 1.82) is 0 Å². The molecule has 3 heterocycles. The fourth-order valence-corrected chi connectivity index (χ4v) is 2.45. The van der Waals surface area contributed by atoms with Gasteiger partial charge in [0.25, 0.3) is 0 Å². The summed E-state index contributed by atoms with van der Waals surface area (Å²) in [4.78, 5) is 15.3. The normalized spacial score (nSPS) is 10.7. The van der Waals surface area contributed by atoms with Crippen LogP contribution in [0.3, 0.4) is 0 Å². The third-order valence-corrected chi connectivity index (χ3v) is 3.62. The third-order valence-electron chi connectivity index (χ3n) is 3.62. The molecule has 4 rings (SSSR count). The number of para-hydroxylation sites is 1. The van der Waals surface area contributed by atoms with Crippen LogP contribution in [0, 0.1) is 0 Å². The zero-order valence-corrected chi connectivity index (χ0v) is 12.9. The first-order chi connectivity index (χ1) is 12.2. The van der Waals surface area contributed by atoms with E-state index in [9.17, 15) is 9.90 Å². The lowest BCUT2D eigenvalue weighted by molar-refractivity contribution is 0.0698. The van der Waals surface area contributed by atoms with Crippen LogP contribution in [0.4, 0.5) is 11.5 Å². The summed E-state index contributed by atoms with van der Waals surface area (Å²) in [7, 11) is 0. The van der Waals surface area contributed by atoms with Gasteiger partial charge in [-0.3, -0.25) is 4.98 Å². The Hall–Kier alpha value is -3.81. The quantitative estimate of drug-likeness (QED) is 0.592. The molecule has 8 nitrogen and oxygen atoms in total. The van der Waals surface area contributed by atoms with Crippen molar-refractivity contribution in [3.63, 3.8) is 0 Å². The van der Waals surface area contributed by atoms with E-state index in [1.165, 1.54) is 6.07 Å². The SMILES string of the molecule is O=C(O)c1ccccc1Nc1ccc2nnc(-c3ccncc3)n2n1. The zero-order chi connectivity index (χ0) is 17.2. The third kappa shape index (κ3) is 2.76. The second-order valence-corrected chi connectivity index (χ2v) is 5.22. The predicted molar refractivity (Wildman–Crippen MR) is 90.7 cm³/mol. The Morgan fingerprint density at radius 1 is 1.00 bits per heavy atom. The summed E-state index contributed by atoms with van der Waals surface area (Å²) in [6.45, 7) is 0. The second kappa shape index (κ2) is 6.00. The molecule has 1 aromatic carbocycles. The molecule has 0 saturated heterocycles. The Bertz CT molecular complexity index is 1060. The molecule has 0 radical (unpaired) electrons. The van der Waals surface area contributed by atoms with Gasteiger partial charge >= 0.3 is 5.97 Å². The van der Waals surface area contributed by atoms with Gasteiger partial charge in [0.15, 0.2) is 17.3 Å². The lowest BCUT2D eigenvalue weighted by Gasteiger charge is -2.09. The summed E-state index contributed by atoms with van der Waals surface area (Å²) in [6, 6.07) is 13.8. The number of carbonyl (C=O) groups is 1. The monoisotopic (exact) mass is 332 g/mol. The molecule has 3 aromatic heterocycles. The highest BCUT2D eigenvalue weighted by Crippen LogP contribution is 2.21. The minimum Gasteiger partial charge on any atom is -0.478 e. The van der Waals surface area contributed by atoms with Crippen LogP contribution in [0.2, 0.25) is 0 Å². The molecule has 0 aliphatic carbocycles. The number of anilines is 2. The molecule has 2 N–H and O–H groups in total. The van der Waals surface area contributed by atoms with Crippen molar-refractivity contribution in [3.05, 3.63) is 66.5 Å². The van der Waals surface area contributed by atoms with Gasteiger partial charge in [-0.2, -0.15) is 4.52 Å². The van der Waals surface area contributed by atoms with Crippen LogP contribution >= 0.6 is 0 Å². The maximum absolute atomic E-state index is 11.3. The van der Waals surface area contributed by atoms with E-state index in [-0.39, 0.29) is 5.56 Å². The first kappa shape index (κ1) is 14.8. The number of pyridine rings is 1. The fourth-order valence-electron chi connectivity index (χ4n) is 2.45. The number of aromatic carboxylic acids is 1. The van der Waals surface area contributed by atoms with Gasteiger partial charge in [0.05, 0.1) is 11.3 Å². The number of rotatable bonds is 4. The van der Waals surface area contributed by atoms with Gasteiger partial charge in [0.1, 0.15) is 0 Å². The number of nitrogens with one attached hydrogen (secondary N) is 1. The molecule has 0 aliphatic heterocycles. The Labute approximate surface area is 141 Å². The summed E-state index contributed by atoms with van der Waals surface area (Å²) in [5.74, 6) is 0.0508. The van der Waals surface area contributed by atoms with E-state index in [0.29, 0.717) is 23.0 Å². The van der Waals surface area contributed by atoms with Crippen LogP contribution in [-0.2, 0) is 0 Å². The van der Waals surface area contributed by atoms with Crippen LogP contribution in [-0.4, -0.2) is 35.9 Å². The van der Waals surface area contributed by atoms with Gasteiger partial charge < -0.3 is 10.4 Å². The van der Waals surface area contributed by atoms with E-state index < -0.39 is 5.97 Å². The average Bonchev–Trinajstić information content (AvgIpc) is 3.06. The molecule has 0 spiro atoms. The molecular weight excluding hydrogens is 320 g/mol.